The first-order valence-corrected chi connectivity index (χ1v) is 6.75. The second-order valence-corrected chi connectivity index (χ2v) is 4.92. The number of halogens is 1. The maximum atomic E-state index is 4.14. The zero-order valence-corrected chi connectivity index (χ0v) is 11.7. The minimum absolute atomic E-state index is 0.815. The van der Waals surface area contributed by atoms with Crippen molar-refractivity contribution in [3.63, 3.8) is 0 Å². The molecule has 3 rings (SSSR count). The quantitative estimate of drug-likeness (QED) is 0.648. The Hall–Kier alpha value is -2.00. The molecule has 0 spiro atoms. The fraction of sp³-hybridized carbons (Fsp3) is 0. The van der Waals surface area contributed by atoms with Crippen molar-refractivity contribution in [2.24, 2.45) is 0 Å². The van der Waals surface area contributed by atoms with Gasteiger partial charge in [0, 0.05) is 11.8 Å². The van der Waals surface area contributed by atoms with E-state index < -0.39 is 0 Å². The fourth-order valence-electron chi connectivity index (χ4n) is 1.98. The summed E-state index contributed by atoms with van der Waals surface area (Å²) in [5, 5.41) is 0. The van der Waals surface area contributed by atoms with E-state index in [1.54, 1.807) is 0 Å². The molecule has 2 aromatic carbocycles. The molecule has 2 nitrogen and oxygen atoms in total. The lowest BCUT2D eigenvalue weighted by atomic mass is 10.0. The van der Waals surface area contributed by atoms with Crippen molar-refractivity contribution < 1.29 is 0 Å². The van der Waals surface area contributed by atoms with E-state index in [0.29, 0.717) is 0 Å². The number of hydrogen-bond donors (Lipinski definition) is 0. The zero-order chi connectivity index (χ0) is 13.1. The molecule has 0 unspecified atom stereocenters. The van der Waals surface area contributed by atoms with Gasteiger partial charge in [-0.1, -0.05) is 54.6 Å². The molecule has 3 aromatic rings. The summed E-state index contributed by atoms with van der Waals surface area (Å²) in [5.41, 5.74) is 4.53. The summed E-state index contributed by atoms with van der Waals surface area (Å²) in [4.78, 5) is 8.20. The zero-order valence-electron chi connectivity index (χ0n) is 10.1. The van der Waals surface area contributed by atoms with Crippen LogP contribution in [0.25, 0.3) is 22.3 Å². The Bertz CT molecular complexity index is 679. The Balaban J connectivity index is 1.98. The van der Waals surface area contributed by atoms with Crippen LogP contribution >= 0.6 is 15.9 Å². The third-order valence-electron chi connectivity index (χ3n) is 2.97. The Kier molecular flexibility index (Phi) is 3.38. The standard InChI is InChI=1S/C16H11BrN2/c17-16-15(10-18-11-19-16)14-8-6-13(7-9-14)12-4-2-1-3-5-12/h1-11H. The van der Waals surface area contributed by atoms with E-state index in [0.717, 1.165) is 15.7 Å². The predicted octanol–water partition coefficient (Wildman–Crippen LogP) is 4.57. The van der Waals surface area contributed by atoms with Crippen LogP contribution in [-0.2, 0) is 0 Å². The number of rotatable bonds is 2. The maximum absolute atomic E-state index is 4.14. The average molecular weight is 311 g/mol. The minimum atomic E-state index is 0.815. The summed E-state index contributed by atoms with van der Waals surface area (Å²) in [5.74, 6) is 0. The lowest BCUT2D eigenvalue weighted by Crippen LogP contribution is -1.85. The van der Waals surface area contributed by atoms with E-state index in [1.165, 1.54) is 17.5 Å². The molecule has 0 fully saturated rings. The average Bonchev–Trinajstić information content (AvgIpc) is 2.49. The molecule has 0 bridgehead atoms. The van der Waals surface area contributed by atoms with Gasteiger partial charge >= 0.3 is 0 Å². The predicted molar refractivity (Wildman–Crippen MR) is 80.6 cm³/mol. The van der Waals surface area contributed by atoms with Crippen LogP contribution in [0.2, 0.25) is 0 Å². The van der Waals surface area contributed by atoms with Gasteiger partial charge in [0.1, 0.15) is 10.9 Å². The van der Waals surface area contributed by atoms with Crippen LogP contribution in [0.4, 0.5) is 0 Å². The van der Waals surface area contributed by atoms with Gasteiger partial charge in [0.15, 0.2) is 0 Å². The van der Waals surface area contributed by atoms with Gasteiger partial charge in [-0.2, -0.15) is 0 Å². The summed E-state index contributed by atoms with van der Waals surface area (Å²) in [6.07, 6.45) is 3.35. The van der Waals surface area contributed by atoms with E-state index in [4.69, 9.17) is 0 Å². The van der Waals surface area contributed by atoms with Gasteiger partial charge in [0.05, 0.1) is 0 Å². The van der Waals surface area contributed by atoms with E-state index in [9.17, 15) is 0 Å². The topological polar surface area (TPSA) is 25.8 Å². The van der Waals surface area contributed by atoms with Gasteiger partial charge in [0.2, 0.25) is 0 Å². The van der Waals surface area contributed by atoms with Gasteiger partial charge in [-0.05, 0) is 32.6 Å². The molecule has 0 atom stereocenters. The van der Waals surface area contributed by atoms with Crippen molar-refractivity contribution in [1.82, 2.24) is 9.97 Å². The van der Waals surface area contributed by atoms with Crippen LogP contribution in [0.15, 0.2) is 71.7 Å². The Morgan fingerprint density at radius 2 is 1.37 bits per heavy atom. The molecule has 19 heavy (non-hydrogen) atoms. The van der Waals surface area contributed by atoms with Gasteiger partial charge in [-0.3, -0.25) is 0 Å². The Labute approximate surface area is 120 Å². The molecule has 0 saturated carbocycles. The maximum Gasteiger partial charge on any atom is 0.117 e. The highest BCUT2D eigenvalue weighted by molar-refractivity contribution is 9.10. The molecule has 0 amide bonds. The lowest BCUT2D eigenvalue weighted by Gasteiger charge is -2.05. The summed E-state index contributed by atoms with van der Waals surface area (Å²) in [6, 6.07) is 18.7. The third kappa shape index (κ3) is 2.56. The Morgan fingerprint density at radius 1 is 0.737 bits per heavy atom. The summed E-state index contributed by atoms with van der Waals surface area (Å²) < 4.78 is 0.815. The van der Waals surface area contributed by atoms with E-state index in [-0.39, 0.29) is 0 Å². The molecule has 92 valence electrons. The first kappa shape index (κ1) is 12.1. The van der Waals surface area contributed by atoms with Crippen LogP contribution in [0, 0.1) is 0 Å². The fourth-order valence-corrected chi connectivity index (χ4v) is 2.40. The van der Waals surface area contributed by atoms with Crippen molar-refractivity contribution in [2.75, 3.05) is 0 Å². The number of hydrogen-bond acceptors (Lipinski definition) is 2. The van der Waals surface area contributed by atoms with Crippen molar-refractivity contribution in [3.05, 3.63) is 71.7 Å². The molecular formula is C16H11BrN2. The Morgan fingerprint density at radius 3 is 2.05 bits per heavy atom. The number of aromatic nitrogens is 2. The number of nitrogens with zero attached hydrogens (tertiary/aromatic N) is 2. The highest BCUT2D eigenvalue weighted by Gasteiger charge is 2.04. The third-order valence-corrected chi connectivity index (χ3v) is 3.60. The van der Waals surface area contributed by atoms with Gasteiger partial charge in [-0.25, -0.2) is 9.97 Å². The van der Waals surface area contributed by atoms with E-state index >= 15 is 0 Å². The van der Waals surface area contributed by atoms with Gasteiger partial charge in [-0.15, -0.1) is 0 Å². The normalized spacial score (nSPS) is 10.4. The summed E-state index contributed by atoms with van der Waals surface area (Å²) in [6.45, 7) is 0. The monoisotopic (exact) mass is 310 g/mol. The molecule has 3 heteroatoms. The first-order chi connectivity index (χ1) is 9.34. The smallest absolute Gasteiger partial charge is 0.117 e. The molecule has 0 N–H and O–H groups in total. The molecular weight excluding hydrogens is 300 g/mol. The van der Waals surface area contributed by atoms with Crippen LogP contribution < -0.4 is 0 Å². The second-order valence-electron chi connectivity index (χ2n) is 4.17. The summed E-state index contributed by atoms with van der Waals surface area (Å²) in [7, 11) is 0. The van der Waals surface area contributed by atoms with Crippen LogP contribution in [0.1, 0.15) is 0 Å². The largest absolute Gasteiger partial charge is 0.244 e. The van der Waals surface area contributed by atoms with Crippen LogP contribution in [0.3, 0.4) is 0 Å². The van der Waals surface area contributed by atoms with Crippen LogP contribution in [-0.4, -0.2) is 9.97 Å². The molecule has 0 aliphatic carbocycles. The van der Waals surface area contributed by atoms with Crippen LogP contribution in [0.5, 0.6) is 0 Å². The van der Waals surface area contributed by atoms with Crippen molar-refractivity contribution >= 4 is 15.9 Å². The minimum Gasteiger partial charge on any atom is -0.244 e. The lowest BCUT2D eigenvalue weighted by molar-refractivity contribution is 1.14. The summed E-state index contributed by atoms with van der Waals surface area (Å²) >= 11 is 3.45. The van der Waals surface area contributed by atoms with Crippen molar-refractivity contribution in [1.29, 1.82) is 0 Å². The van der Waals surface area contributed by atoms with E-state index in [1.807, 2.05) is 24.4 Å². The first-order valence-electron chi connectivity index (χ1n) is 5.96. The van der Waals surface area contributed by atoms with Crippen molar-refractivity contribution in [2.45, 2.75) is 0 Å². The highest BCUT2D eigenvalue weighted by atomic mass is 79.9. The van der Waals surface area contributed by atoms with Crippen molar-refractivity contribution in [3.8, 4) is 22.3 Å². The van der Waals surface area contributed by atoms with Gasteiger partial charge < -0.3 is 0 Å². The molecule has 0 aliphatic heterocycles. The molecule has 0 radical (unpaired) electrons. The molecule has 0 aliphatic rings. The SMILES string of the molecule is Brc1ncncc1-c1ccc(-c2ccccc2)cc1. The van der Waals surface area contributed by atoms with E-state index in [2.05, 4.69) is 62.3 Å². The molecule has 0 saturated heterocycles. The number of benzene rings is 2. The molecule has 1 aromatic heterocycles. The van der Waals surface area contributed by atoms with Gasteiger partial charge in [0.25, 0.3) is 0 Å². The second kappa shape index (κ2) is 5.33. The highest BCUT2D eigenvalue weighted by Crippen LogP contribution is 2.27. The molecule has 1 heterocycles.